The molecule has 1 aromatic carbocycles. The summed E-state index contributed by atoms with van der Waals surface area (Å²) in [5.74, 6) is -10.6. The maximum atomic E-state index is 14.1. The summed E-state index contributed by atoms with van der Waals surface area (Å²) in [5, 5.41) is 28.7. The number of aromatic nitrogens is 1. The summed E-state index contributed by atoms with van der Waals surface area (Å²) >= 11 is 1.40. The van der Waals surface area contributed by atoms with Gasteiger partial charge in [0, 0.05) is 43.2 Å². The van der Waals surface area contributed by atoms with Crippen LogP contribution in [0.25, 0.3) is 0 Å². The zero-order valence-corrected chi connectivity index (χ0v) is 24.2. The lowest BCUT2D eigenvalue weighted by Crippen LogP contribution is -2.74. The molecule has 1 heterocycles. The summed E-state index contributed by atoms with van der Waals surface area (Å²) < 4.78 is 0. The summed E-state index contributed by atoms with van der Waals surface area (Å²) in [6.07, 6.45) is 0.205. The minimum Gasteiger partial charge on any atom is -0.507 e. The number of phenolic OH excluding ortho intramolecular Hbond substituents is 1. The van der Waals surface area contributed by atoms with E-state index in [1.165, 1.54) is 16.2 Å². The lowest BCUT2D eigenvalue weighted by molar-refractivity contribution is -0.181. The fourth-order valence-electron chi connectivity index (χ4n) is 6.85. The van der Waals surface area contributed by atoms with Gasteiger partial charge in [-0.3, -0.25) is 28.9 Å². The van der Waals surface area contributed by atoms with Crippen molar-refractivity contribution in [2.75, 3.05) is 38.4 Å². The van der Waals surface area contributed by atoms with Crippen LogP contribution in [0.5, 0.6) is 5.75 Å². The van der Waals surface area contributed by atoms with E-state index in [1.807, 2.05) is 17.2 Å². The maximum Gasteiger partial charge on any atom is 0.235 e. The van der Waals surface area contributed by atoms with Gasteiger partial charge in [-0.15, -0.1) is 11.3 Å². The predicted octanol–water partition coefficient (Wildman–Crippen LogP) is 0.310. The van der Waals surface area contributed by atoms with Gasteiger partial charge >= 0.3 is 0 Å². The number of phenols is 1. The molecule has 2 fully saturated rings. The third-order valence-electron chi connectivity index (χ3n) is 8.65. The van der Waals surface area contributed by atoms with Crippen molar-refractivity contribution in [3.05, 3.63) is 33.8 Å². The predicted molar refractivity (Wildman–Crippen MR) is 150 cm³/mol. The Balaban J connectivity index is 1.60. The van der Waals surface area contributed by atoms with Crippen molar-refractivity contribution in [2.45, 2.75) is 38.0 Å². The van der Waals surface area contributed by atoms with Crippen LogP contribution < -0.4 is 16.0 Å². The Morgan fingerprint density at radius 1 is 1.20 bits per heavy atom. The number of hydrogen-bond acceptors (Lipinski definition) is 12. The molecule has 5 rings (SSSR count). The van der Waals surface area contributed by atoms with Gasteiger partial charge in [0.2, 0.25) is 5.91 Å². The summed E-state index contributed by atoms with van der Waals surface area (Å²) in [5.41, 5.74) is 5.07. The Morgan fingerprint density at radius 3 is 2.44 bits per heavy atom. The molecular formula is C28H33N5O7S. The van der Waals surface area contributed by atoms with Crippen molar-refractivity contribution in [3.8, 4) is 5.75 Å². The average molecular weight is 584 g/mol. The summed E-state index contributed by atoms with van der Waals surface area (Å²) in [6.45, 7) is 2.01. The number of carbonyl (C=O) groups is 5. The molecule has 13 heteroatoms. The first-order valence-corrected chi connectivity index (χ1v) is 14.1. The Hall–Kier alpha value is -3.68. The fourth-order valence-corrected chi connectivity index (χ4v) is 7.53. The van der Waals surface area contributed by atoms with Crippen LogP contribution in [0.2, 0.25) is 0 Å². The van der Waals surface area contributed by atoms with Crippen LogP contribution in [0.1, 0.15) is 33.6 Å². The number of rotatable bonds is 6. The average Bonchev–Trinajstić information content (AvgIpc) is 3.30. The molecule has 3 aliphatic rings. The van der Waals surface area contributed by atoms with Gasteiger partial charge in [0.05, 0.1) is 23.2 Å². The van der Waals surface area contributed by atoms with Gasteiger partial charge in [-0.2, -0.15) is 0 Å². The molecule has 1 amide bonds. The molecule has 0 aliphatic heterocycles. The second kappa shape index (κ2) is 10.00. The van der Waals surface area contributed by atoms with Crippen molar-refractivity contribution >= 4 is 51.2 Å². The number of hydrogen-bond donors (Lipinski definition) is 4. The molecule has 12 nitrogen and oxygen atoms in total. The van der Waals surface area contributed by atoms with Crippen LogP contribution in [0.3, 0.4) is 0 Å². The van der Waals surface area contributed by atoms with Crippen molar-refractivity contribution in [1.29, 1.82) is 0 Å². The highest BCUT2D eigenvalue weighted by Gasteiger charge is 2.69. The number of benzene rings is 1. The van der Waals surface area contributed by atoms with E-state index in [1.54, 1.807) is 34.3 Å². The van der Waals surface area contributed by atoms with E-state index in [0.717, 1.165) is 5.69 Å². The van der Waals surface area contributed by atoms with Gasteiger partial charge in [-0.1, -0.05) is 0 Å². The second-order valence-corrected chi connectivity index (χ2v) is 12.4. The van der Waals surface area contributed by atoms with E-state index in [0.29, 0.717) is 21.9 Å². The molecule has 0 radical (unpaired) electrons. The second-order valence-electron chi connectivity index (χ2n) is 11.6. The topological polar surface area (TPSA) is 183 Å². The number of primary amides is 1. The molecule has 3 aliphatic carbocycles. The van der Waals surface area contributed by atoms with Crippen LogP contribution in [0.15, 0.2) is 11.4 Å². The fraction of sp³-hybridized carbons (Fsp3) is 0.500. The number of likely N-dealkylation sites (N-methyl/N-ethyl adjacent to an activating group) is 1. The molecule has 3 unspecified atom stereocenters. The largest absolute Gasteiger partial charge is 0.507 e. The molecule has 2 aromatic rings. The highest BCUT2D eigenvalue weighted by molar-refractivity contribution is 7.13. The van der Waals surface area contributed by atoms with Crippen LogP contribution in [0.4, 0.5) is 10.8 Å². The molecule has 41 heavy (non-hydrogen) atoms. The van der Waals surface area contributed by atoms with Gasteiger partial charge in [0.1, 0.15) is 5.75 Å². The number of ketones is 4. The van der Waals surface area contributed by atoms with Gasteiger partial charge in [0.15, 0.2) is 39.8 Å². The Morgan fingerprint density at radius 2 is 1.88 bits per heavy atom. The Bertz CT molecular complexity index is 1500. The van der Waals surface area contributed by atoms with Gasteiger partial charge in [0.25, 0.3) is 0 Å². The minimum absolute atomic E-state index is 0.00420. The number of aliphatic hydroxyl groups is 1. The number of nitrogens with zero attached hydrogens (tertiary/aromatic N) is 3. The van der Waals surface area contributed by atoms with Crippen LogP contribution in [-0.4, -0.2) is 89.0 Å². The number of nitrogens with one attached hydrogen (secondary N) is 1. The van der Waals surface area contributed by atoms with Crippen molar-refractivity contribution in [3.63, 3.8) is 0 Å². The lowest BCUT2D eigenvalue weighted by atomic mass is 9.52. The van der Waals surface area contributed by atoms with E-state index < -0.39 is 64.4 Å². The van der Waals surface area contributed by atoms with Crippen molar-refractivity contribution < 1.29 is 34.2 Å². The van der Waals surface area contributed by atoms with Gasteiger partial charge < -0.3 is 26.2 Å². The number of amides is 1. The smallest absolute Gasteiger partial charge is 0.235 e. The lowest BCUT2D eigenvalue weighted by Gasteiger charge is -2.52. The standard InChI is InChI=1S/C28H33N5O7S/c1-11-10-41-27(31-11)30-9-13-8-16(32(2)3)14-6-12-7-15-20(33(4)5)23(36)19(26(29)39)25(38)28(15,40)24(37)17(12)22(35)18(14)21(13)34/h8,10,12,15,17,19-20,34,40H,6-7,9H2,1-5H3,(H2,29,39)(H,30,31)/t12-,15-,17?,19?,20?,28-/m0/s1. The molecule has 0 spiro atoms. The van der Waals surface area contributed by atoms with Crippen LogP contribution >= 0.6 is 11.3 Å². The zero-order valence-electron chi connectivity index (χ0n) is 23.4. The zero-order chi connectivity index (χ0) is 30.1. The quantitative estimate of drug-likeness (QED) is 0.343. The van der Waals surface area contributed by atoms with Crippen LogP contribution in [0, 0.1) is 30.6 Å². The number of aryl methyl sites for hydroxylation is 1. The van der Waals surface area contributed by atoms with E-state index in [9.17, 15) is 34.2 Å². The third kappa shape index (κ3) is 4.25. The first-order valence-electron chi connectivity index (χ1n) is 13.3. The summed E-state index contributed by atoms with van der Waals surface area (Å²) in [7, 11) is 6.72. The minimum atomic E-state index is -2.75. The normalized spacial score (nSPS) is 29.2. The van der Waals surface area contributed by atoms with Crippen molar-refractivity contribution in [2.24, 2.45) is 29.4 Å². The monoisotopic (exact) mass is 583 g/mol. The number of Topliss-reactive ketones (excluding diaryl/α,β-unsaturated/α-hetero) is 4. The Kier molecular flexibility index (Phi) is 7.03. The molecule has 218 valence electrons. The van der Waals surface area contributed by atoms with E-state index in [-0.39, 0.29) is 30.7 Å². The third-order valence-corrected chi connectivity index (χ3v) is 9.57. The first kappa shape index (κ1) is 28.8. The number of carbonyl (C=O) groups excluding carboxylic acids is 5. The number of nitrogens with two attached hydrogens (primary N) is 1. The number of anilines is 2. The number of thiazole rings is 1. The molecule has 5 N–H and O–H groups in total. The van der Waals surface area contributed by atoms with Gasteiger partial charge in [-0.05, 0) is 51.4 Å². The molecule has 2 saturated carbocycles. The number of aromatic hydroxyl groups is 1. The highest BCUT2D eigenvalue weighted by Crippen LogP contribution is 2.52. The first-order chi connectivity index (χ1) is 19.2. The molecule has 6 atom stereocenters. The van der Waals surface area contributed by atoms with E-state index >= 15 is 0 Å². The SMILES string of the molecule is Cc1csc(NCc2cc(N(C)C)c3c(c2O)C(=O)C2C(=O)[C@]4(O)C(=O)C(C(N)=O)C(=O)C(N(C)C)[C@@H]4C[C@@H]2C3)n1. The van der Waals surface area contributed by atoms with E-state index in [2.05, 4.69) is 10.3 Å². The Labute approximate surface area is 240 Å². The summed E-state index contributed by atoms with van der Waals surface area (Å²) in [6, 6.07) is 0.644. The molecular weight excluding hydrogens is 550 g/mol. The highest BCUT2D eigenvalue weighted by atomic mass is 32.1. The molecule has 1 aromatic heterocycles. The van der Waals surface area contributed by atoms with Crippen molar-refractivity contribution in [1.82, 2.24) is 9.88 Å². The van der Waals surface area contributed by atoms with Crippen LogP contribution in [-0.2, 0) is 32.1 Å². The number of fused-ring (bicyclic) bond motifs is 3. The molecule has 0 saturated heterocycles. The maximum absolute atomic E-state index is 14.1. The molecule has 0 bridgehead atoms. The van der Waals surface area contributed by atoms with Gasteiger partial charge in [-0.25, -0.2) is 4.98 Å². The van der Waals surface area contributed by atoms with E-state index in [4.69, 9.17) is 5.73 Å². The summed E-state index contributed by atoms with van der Waals surface area (Å²) in [4.78, 5) is 74.6.